The lowest BCUT2D eigenvalue weighted by atomic mass is 9.85. The van der Waals surface area contributed by atoms with E-state index in [0.717, 1.165) is 31.6 Å². The van der Waals surface area contributed by atoms with Crippen LogP contribution in [0.5, 0.6) is 5.75 Å². The first-order valence-electron chi connectivity index (χ1n) is 7.85. The number of nitrogens with one attached hydrogen (secondary N) is 1. The Kier molecular flexibility index (Phi) is 4.15. The third kappa shape index (κ3) is 3.05. The zero-order valence-corrected chi connectivity index (χ0v) is 12.9. The largest absolute Gasteiger partial charge is 0.493 e. The van der Waals surface area contributed by atoms with Crippen LogP contribution in [-0.2, 0) is 11.2 Å². The van der Waals surface area contributed by atoms with E-state index in [9.17, 15) is 4.79 Å². The van der Waals surface area contributed by atoms with Crippen LogP contribution >= 0.6 is 0 Å². The second kappa shape index (κ2) is 6.06. The van der Waals surface area contributed by atoms with Crippen LogP contribution in [0.3, 0.4) is 0 Å². The van der Waals surface area contributed by atoms with Gasteiger partial charge in [0, 0.05) is 18.9 Å². The minimum absolute atomic E-state index is 0.208. The van der Waals surface area contributed by atoms with Gasteiger partial charge in [0.2, 0.25) is 5.91 Å². The molecule has 1 aliphatic carbocycles. The highest BCUT2D eigenvalue weighted by Crippen LogP contribution is 2.30. The third-order valence-corrected chi connectivity index (χ3v) is 4.67. The van der Waals surface area contributed by atoms with E-state index in [2.05, 4.69) is 42.5 Å². The van der Waals surface area contributed by atoms with Crippen LogP contribution in [0.25, 0.3) is 0 Å². The van der Waals surface area contributed by atoms with Crippen molar-refractivity contribution in [1.29, 1.82) is 0 Å². The summed E-state index contributed by atoms with van der Waals surface area (Å²) in [5.41, 5.74) is 2.53. The van der Waals surface area contributed by atoms with Gasteiger partial charge in [-0.05, 0) is 44.1 Å². The van der Waals surface area contributed by atoms with Crippen molar-refractivity contribution in [2.45, 2.75) is 31.7 Å². The van der Waals surface area contributed by atoms with Crippen molar-refractivity contribution in [1.82, 2.24) is 10.2 Å². The highest BCUT2D eigenvalue weighted by Gasteiger charge is 2.26. The van der Waals surface area contributed by atoms with Crippen LogP contribution in [0, 0.1) is 5.92 Å². The molecule has 2 aliphatic rings. The summed E-state index contributed by atoms with van der Waals surface area (Å²) in [5, 5.41) is 3.12. The number of fused-ring (bicyclic) bond motifs is 1. The van der Waals surface area contributed by atoms with Crippen LogP contribution in [0.4, 0.5) is 0 Å². The van der Waals surface area contributed by atoms with E-state index in [0.29, 0.717) is 6.54 Å². The number of carbonyl (C=O) groups excluding carboxylic acids is 1. The fraction of sp³-hybridized carbons (Fsp3) is 0.588. The third-order valence-electron chi connectivity index (χ3n) is 4.67. The van der Waals surface area contributed by atoms with Gasteiger partial charge in [0.25, 0.3) is 0 Å². The van der Waals surface area contributed by atoms with E-state index in [1.807, 2.05) is 0 Å². The smallest absolute Gasteiger partial charge is 0.223 e. The van der Waals surface area contributed by atoms with Gasteiger partial charge < -0.3 is 15.0 Å². The highest BCUT2D eigenvalue weighted by atomic mass is 16.5. The molecule has 1 amide bonds. The molecule has 114 valence electrons. The molecule has 1 atom stereocenters. The van der Waals surface area contributed by atoms with E-state index in [4.69, 9.17) is 4.74 Å². The molecule has 1 unspecified atom stereocenters. The van der Waals surface area contributed by atoms with E-state index < -0.39 is 0 Å². The lowest BCUT2D eigenvalue weighted by Crippen LogP contribution is -2.39. The number of hydrogen-bond donors (Lipinski definition) is 1. The van der Waals surface area contributed by atoms with Gasteiger partial charge in [-0.1, -0.05) is 18.6 Å². The fourth-order valence-corrected chi connectivity index (χ4v) is 3.02. The Morgan fingerprint density at radius 1 is 1.43 bits per heavy atom. The maximum absolute atomic E-state index is 12.0. The summed E-state index contributed by atoms with van der Waals surface area (Å²) >= 11 is 0. The number of nitrogens with zero attached hydrogens (tertiary/aromatic N) is 1. The molecule has 21 heavy (non-hydrogen) atoms. The Morgan fingerprint density at radius 2 is 2.24 bits per heavy atom. The van der Waals surface area contributed by atoms with E-state index in [1.54, 1.807) is 0 Å². The van der Waals surface area contributed by atoms with Gasteiger partial charge in [-0.25, -0.2) is 0 Å². The molecule has 1 fully saturated rings. The molecule has 1 heterocycles. The van der Waals surface area contributed by atoms with Gasteiger partial charge in [0.1, 0.15) is 5.75 Å². The lowest BCUT2D eigenvalue weighted by molar-refractivity contribution is -0.127. The molecule has 1 aromatic rings. The van der Waals surface area contributed by atoms with Gasteiger partial charge in [0.15, 0.2) is 0 Å². The Labute approximate surface area is 126 Å². The molecule has 0 radical (unpaired) electrons. The van der Waals surface area contributed by atoms with Crippen molar-refractivity contribution >= 4 is 5.91 Å². The zero-order valence-electron chi connectivity index (χ0n) is 12.9. The molecule has 4 heteroatoms. The monoisotopic (exact) mass is 288 g/mol. The predicted octanol–water partition coefficient (Wildman–Crippen LogP) is 2.14. The van der Waals surface area contributed by atoms with Crippen LogP contribution in [0.1, 0.15) is 36.4 Å². The molecule has 0 aromatic heterocycles. The molecule has 1 saturated carbocycles. The number of hydrogen-bond acceptors (Lipinski definition) is 3. The molecule has 1 N–H and O–H groups in total. The first kappa shape index (κ1) is 14.4. The Hall–Kier alpha value is -1.55. The summed E-state index contributed by atoms with van der Waals surface area (Å²) in [6, 6.07) is 6.61. The second-order valence-corrected chi connectivity index (χ2v) is 6.32. The first-order chi connectivity index (χ1) is 10.1. The highest BCUT2D eigenvalue weighted by molar-refractivity contribution is 5.79. The number of benzene rings is 1. The van der Waals surface area contributed by atoms with E-state index >= 15 is 0 Å². The van der Waals surface area contributed by atoms with Crippen LogP contribution in [0.15, 0.2) is 18.2 Å². The standard InChI is InChI=1S/C17H24N2O2/c1-19(2)15(11-18-17(20)12-4-3-5-12)13-6-7-16-14(10-13)8-9-21-16/h6-7,10,12,15H,3-5,8-9,11H2,1-2H3,(H,18,20). The van der Waals surface area contributed by atoms with Gasteiger partial charge in [0.05, 0.1) is 12.6 Å². The number of amides is 1. The van der Waals surface area contributed by atoms with Crippen LogP contribution in [0.2, 0.25) is 0 Å². The predicted molar refractivity (Wildman–Crippen MR) is 82.4 cm³/mol. The SMILES string of the molecule is CN(C)C(CNC(=O)C1CCC1)c1ccc2c(c1)CCO2. The summed E-state index contributed by atoms with van der Waals surface area (Å²) in [7, 11) is 4.12. The minimum atomic E-state index is 0.208. The summed E-state index contributed by atoms with van der Waals surface area (Å²) in [6.45, 7) is 1.45. The van der Waals surface area contributed by atoms with E-state index in [1.165, 1.54) is 17.5 Å². The van der Waals surface area contributed by atoms with Crippen molar-refractivity contribution < 1.29 is 9.53 Å². The summed E-state index contributed by atoms with van der Waals surface area (Å²) in [4.78, 5) is 14.2. The Balaban J connectivity index is 1.67. The van der Waals surface area contributed by atoms with Crippen molar-refractivity contribution in [2.75, 3.05) is 27.2 Å². The number of likely N-dealkylation sites (N-methyl/N-ethyl adjacent to an activating group) is 1. The normalized spacial score (nSPS) is 18.8. The summed E-state index contributed by atoms with van der Waals surface area (Å²) in [6.07, 6.45) is 4.28. The lowest BCUT2D eigenvalue weighted by Gasteiger charge is -2.28. The average molecular weight is 288 g/mol. The van der Waals surface area contributed by atoms with Gasteiger partial charge in [-0.3, -0.25) is 4.79 Å². The first-order valence-corrected chi connectivity index (χ1v) is 7.85. The topological polar surface area (TPSA) is 41.6 Å². The molecule has 0 spiro atoms. The van der Waals surface area contributed by atoms with Crippen LogP contribution in [-0.4, -0.2) is 38.1 Å². The molecule has 3 rings (SSSR count). The van der Waals surface area contributed by atoms with Crippen molar-refractivity contribution in [3.8, 4) is 5.75 Å². The molecular weight excluding hydrogens is 264 g/mol. The summed E-state index contributed by atoms with van der Waals surface area (Å²) < 4.78 is 5.56. The van der Waals surface area contributed by atoms with Crippen LogP contribution < -0.4 is 10.1 Å². The Morgan fingerprint density at radius 3 is 2.90 bits per heavy atom. The van der Waals surface area contributed by atoms with Gasteiger partial charge in [-0.15, -0.1) is 0 Å². The number of ether oxygens (including phenoxy) is 1. The van der Waals surface area contributed by atoms with Crippen molar-refractivity contribution in [3.05, 3.63) is 29.3 Å². The van der Waals surface area contributed by atoms with Gasteiger partial charge in [-0.2, -0.15) is 0 Å². The summed E-state index contributed by atoms with van der Waals surface area (Å²) in [5.74, 6) is 1.48. The maximum Gasteiger partial charge on any atom is 0.223 e. The molecule has 0 bridgehead atoms. The molecular formula is C17H24N2O2. The molecule has 0 saturated heterocycles. The van der Waals surface area contributed by atoms with Gasteiger partial charge >= 0.3 is 0 Å². The number of carbonyl (C=O) groups is 1. The molecule has 1 aliphatic heterocycles. The van der Waals surface area contributed by atoms with Crippen molar-refractivity contribution in [2.24, 2.45) is 5.92 Å². The Bertz CT molecular complexity index is 524. The molecule has 4 nitrogen and oxygen atoms in total. The van der Waals surface area contributed by atoms with E-state index in [-0.39, 0.29) is 17.9 Å². The minimum Gasteiger partial charge on any atom is -0.493 e. The second-order valence-electron chi connectivity index (χ2n) is 6.32. The quantitative estimate of drug-likeness (QED) is 0.902. The maximum atomic E-state index is 12.0. The molecule has 1 aromatic carbocycles. The fourth-order valence-electron chi connectivity index (χ4n) is 3.02. The van der Waals surface area contributed by atoms with Crippen molar-refractivity contribution in [3.63, 3.8) is 0 Å². The zero-order chi connectivity index (χ0) is 14.8. The number of rotatable bonds is 5. The average Bonchev–Trinajstić information content (AvgIpc) is 2.83.